The van der Waals surface area contributed by atoms with E-state index in [1.54, 1.807) is 12.1 Å². The van der Waals surface area contributed by atoms with E-state index in [9.17, 15) is 13.0 Å². The average molecular weight is 508 g/mol. The quantitative estimate of drug-likeness (QED) is 0.257. The number of aromatic nitrogens is 1. The molecule has 1 aliphatic rings. The molecule has 0 unspecified atom stereocenters. The maximum atomic E-state index is 10.9. The number of unbranched alkanes of at least 4 members (excludes halogenated alkanes) is 1. The number of nitrogens with one attached hydrogen (secondary N) is 1. The molecule has 33 heavy (non-hydrogen) atoms. The second-order valence-corrected chi connectivity index (χ2v) is 9.93. The lowest BCUT2D eigenvalue weighted by Crippen LogP contribution is -2.33. The summed E-state index contributed by atoms with van der Waals surface area (Å²) < 4.78 is 40.8. The van der Waals surface area contributed by atoms with Gasteiger partial charge < -0.3 is 19.2 Å². The highest BCUT2D eigenvalue weighted by molar-refractivity contribution is 7.85. The third kappa shape index (κ3) is 5.35. The molecule has 0 bridgehead atoms. The van der Waals surface area contributed by atoms with Gasteiger partial charge in [0.2, 0.25) is 5.58 Å². The number of allylic oxidation sites excluding steroid dienone is 2. The fourth-order valence-electron chi connectivity index (χ4n) is 3.84. The van der Waals surface area contributed by atoms with Gasteiger partial charge >= 0.3 is 5.89 Å². The molecule has 7 nitrogen and oxygen atoms in total. The Bertz CT molecular complexity index is 1350. The number of nitrogens with zero attached hydrogens (tertiary/aromatic N) is 2. The molecule has 174 valence electrons. The number of halogens is 2. The Balaban J connectivity index is 1.59. The number of para-hydroxylation sites is 2. The Morgan fingerprint density at radius 3 is 2.70 bits per heavy atom. The molecule has 1 aliphatic heterocycles. The number of hydrogen-bond donors (Lipinski definition) is 1. The minimum absolute atomic E-state index is 0.275. The van der Waals surface area contributed by atoms with Crippen molar-refractivity contribution in [3.8, 4) is 0 Å². The summed E-state index contributed by atoms with van der Waals surface area (Å²) in [6, 6.07) is 11.4. The molecule has 0 amide bonds. The monoisotopic (exact) mass is 507 g/mol. The van der Waals surface area contributed by atoms with Gasteiger partial charge in [-0.1, -0.05) is 35.3 Å². The zero-order valence-corrected chi connectivity index (χ0v) is 20.3. The second-order valence-electron chi connectivity index (χ2n) is 7.59. The molecule has 0 spiro atoms. The van der Waals surface area contributed by atoms with Crippen molar-refractivity contribution >= 4 is 61.9 Å². The highest BCUT2D eigenvalue weighted by Gasteiger charge is 2.25. The smallest absolute Gasteiger partial charge is 0.374 e. The van der Waals surface area contributed by atoms with Crippen LogP contribution in [0.15, 0.2) is 58.8 Å². The van der Waals surface area contributed by atoms with E-state index in [2.05, 4.69) is 16.8 Å². The van der Waals surface area contributed by atoms with Crippen LogP contribution in [-0.4, -0.2) is 25.3 Å². The van der Waals surface area contributed by atoms with Gasteiger partial charge in [0.1, 0.15) is 12.4 Å². The lowest BCUT2D eigenvalue weighted by molar-refractivity contribution is -0.674. The summed E-state index contributed by atoms with van der Waals surface area (Å²) >= 11 is 12.4. The van der Waals surface area contributed by atoms with Gasteiger partial charge in [0.15, 0.2) is 0 Å². The summed E-state index contributed by atoms with van der Waals surface area (Å²) in [5, 5.41) is 4.18. The molecule has 3 aromatic rings. The maximum absolute atomic E-state index is 10.9. The lowest BCUT2D eigenvalue weighted by atomic mass is 10.2. The molecule has 1 aromatic heterocycles. The van der Waals surface area contributed by atoms with Crippen molar-refractivity contribution < 1.29 is 22.0 Å². The van der Waals surface area contributed by atoms with Gasteiger partial charge in [0.05, 0.1) is 37.6 Å². The summed E-state index contributed by atoms with van der Waals surface area (Å²) in [5.74, 6) is 1.12. The number of benzene rings is 2. The Hall–Kier alpha value is -2.52. The number of oxazole rings is 1. The van der Waals surface area contributed by atoms with Crippen LogP contribution in [0.25, 0.3) is 17.2 Å². The first-order valence-corrected chi connectivity index (χ1v) is 12.9. The third-order valence-electron chi connectivity index (χ3n) is 5.35. The van der Waals surface area contributed by atoms with Crippen molar-refractivity contribution in [3.05, 3.63) is 70.3 Å². The van der Waals surface area contributed by atoms with E-state index in [0.29, 0.717) is 23.0 Å². The molecule has 2 aromatic carbocycles. The number of aryl methyl sites for hydroxylation is 1. The van der Waals surface area contributed by atoms with Gasteiger partial charge in [-0.25, -0.2) is 8.42 Å². The largest absolute Gasteiger partial charge is 0.748 e. The molecule has 0 radical (unpaired) electrons. The van der Waals surface area contributed by atoms with Gasteiger partial charge in [0, 0.05) is 18.4 Å². The van der Waals surface area contributed by atoms with Gasteiger partial charge in [-0.3, -0.25) is 0 Å². The zero-order chi connectivity index (χ0) is 23.6. The minimum atomic E-state index is -4.23. The van der Waals surface area contributed by atoms with Gasteiger partial charge in [-0.2, -0.15) is 4.57 Å². The summed E-state index contributed by atoms with van der Waals surface area (Å²) in [6.45, 7) is 3.33. The SMILES string of the molecule is CC[n+]1c(/C=C/C=C2/Nc3cc(Cl)c(Cl)cc3N2CCCCS(=O)(=O)[O-])oc2ccccc21. The van der Waals surface area contributed by atoms with Crippen LogP contribution >= 0.6 is 23.2 Å². The van der Waals surface area contributed by atoms with Crippen molar-refractivity contribution in [2.45, 2.75) is 26.3 Å². The van der Waals surface area contributed by atoms with Crippen LogP contribution < -0.4 is 14.8 Å². The Morgan fingerprint density at radius 2 is 1.94 bits per heavy atom. The predicted molar refractivity (Wildman–Crippen MR) is 130 cm³/mol. The molecule has 0 saturated carbocycles. The highest BCUT2D eigenvalue weighted by Crippen LogP contribution is 2.41. The number of rotatable bonds is 8. The highest BCUT2D eigenvalue weighted by atomic mass is 35.5. The van der Waals surface area contributed by atoms with E-state index in [0.717, 1.165) is 40.7 Å². The maximum Gasteiger partial charge on any atom is 0.374 e. The molecule has 10 heteroatoms. The Kier molecular flexibility index (Phi) is 6.99. The molecular formula is C23H23Cl2N3O4S. The first kappa shape index (κ1) is 23.6. The fourth-order valence-corrected chi connectivity index (χ4v) is 4.72. The van der Waals surface area contributed by atoms with Crippen molar-refractivity contribution in [3.63, 3.8) is 0 Å². The average Bonchev–Trinajstić information content (AvgIpc) is 3.28. The standard InChI is InChI=1S/C23H23Cl2N3O4S/c1-2-27-19-8-3-4-9-21(19)32-23(27)11-7-10-22-26-18-14-16(24)17(25)15-20(18)28(22)12-5-6-13-33(29,30)31/h3-4,7-11,14-15H,2,5-6,12-13H2,1H3,(H,29,30,31). The first-order valence-electron chi connectivity index (χ1n) is 10.5. The Morgan fingerprint density at radius 1 is 1.18 bits per heavy atom. The van der Waals surface area contributed by atoms with Crippen LogP contribution in [0.3, 0.4) is 0 Å². The molecule has 4 rings (SSSR count). The van der Waals surface area contributed by atoms with Gasteiger partial charge in [0.25, 0.3) is 5.52 Å². The zero-order valence-electron chi connectivity index (χ0n) is 17.9. The van der Waals surface area contributed by atoms with Gasteiger partial charge in [-0.05, 0) is 50.1 Å². The number of fused-ring (bicyclic) bond motifs is 2. The minimum Gasteiger partial charge on any atom is -0.748 e. The number of anilines is 2. The molecule has 0 saturated heterocycles. The molecule has 0 atom stereocenters. The van der Waals surface area contributed by atoms with Crippen molar-refractivity contribution in [1.29, 1.82) is 0 Å². The molecule has 0 aliphatic carbocycles. The molecular weight excluding hydrogens is 485 g/mol. The summed E-state index contributed by atoms with van der Waals surface area (Å²) in [6.07, 6.45) is 6.47. The van der Waals surface area contributed by atoms with Crippen molar-refractivity contribution in [2.24, 2.45) is 0 Å². The summed E-state index contributed by atoms with van der Waals surface area (Å²) in [5.41, 5.74) is 3.48. The number of hydrogen-bond acceptors (Lipinski definition) is 6. The van der Waals surface area contributed by atoms with Crippen LogP contribution in [0.5, 0.6) is 0 Å². The van der Waals surface area contributed by atoms with E-state index in [4.69, 9.17) is 27.6 Å². The van der Waals surface area contributed by atoms with Crippen LogP contribution in [0.1, 0.15) is 25.7 Å². The molecule has 1 N–H and O–H groups in total. The fraction of sp³-hybridized carbons (Fsp3) is 0.261. The predicted octanol–water partition coefficient (Wildman–Crippen LogP) is 5.16. The second kappa shape index (κ2) is 9.77. The molecule has 0 fully saturated rings. The van der Waals surface area contributed by atoms with E-state index < -0.39 is 10.1 Å². The Labute approximate surface area is 202 Å². The van der Waals surface area contributed by atoms with Crippen LogP contribution in [0.2, 0.25) is 10.0 Å². The molecule has 2 heterocycles. The summed E-state index contributed by atoms with van der Waals surface area (Å²) in [4.78, 5) is 1.99. The van der Waals surface area contributed by atoms with E-state index >= 15 is 0 Å². The third-order valence-corrected chi connectivity index (χ3v) is 6.87. The summed E-state index contributed by atoms with van der Waals surface area (Å²) in [7, 11) is -4.23. The van der Waals surface area contributed by atoms with E-state index in [1.807, 2.05) is 47.4 Å². The topological polar surface area (TPSA) is 89.5 Å². The van der Waals surface area contributed by atoms with Crippen LogP contribution in [-0.2, 0) is 16.7 Å². The van der Waals surface area contributed by atoms with Crippen molar-refractivity contribution in [1.82, 2.24) is 0 Å². The van der Waals surface area contributed by atoms with E-state index in [-0.39, 0.29) is 12.2 Å². The first-order chi connectivity index (χ1) is 15.8. The van der Waals surface area contributed by atoms with Crippen LogP contribution in [0, 0.1) is 0 Å². The lowest BCUT2D eigenvalue weighted by Gasteiger charge is -2.20. The normalized spacial score (nSPS) is 15.0. The van der Waals surface area contributed by atoms with E-state index in [1.165, 1.54) is 0 Å². The van der Waals surface area contributed by atoms with Gasteiger partial charge in [-0.15, -0.1) is 0 Å². The van der Waals surface area contributed by atoms with Crippen molar-refractivity contribution in [2.75, 3.05) is 22.5 Å². The van der Waals surface area contributed by atoms with Crippen LogP contribution in [0.4, 0.5) is 11.4 Å².